The summed E-state index contributed by atoms with van der Waals surface area (Å²) in [5.74, 6) is -0.384. The van der Waals surface area contributed by atoms with E-state index >= 15 is 0 Å². The van der Waals surface area contributed by atoms with E-state index in [2.05, 4.69) is 20.7 Å². The van der Waals surface area contributed by atoms with E-state index in [4.69, 9.17) is 0 Å². The molecule has 3 aromatic rings. The number of fused-ring (bicyclic) bond motifs is 1. The molecule has 0 saturated heterocycles. The number of hydrogen-bond acceptors (Lipinski definition) is 5. The summed E-state index contributed by atoms with van der Waals surface area (Å²) in [6, 6.07) is 5.43. The van der Waals surface area contributed by atoms with Crippen LogP contribution in [0.3, 0.4) is 0 Å². The highest BCUT2D eigenvalue weighted by Gasteiger charge is 2.17. The van der Waals surface area contributed by atoms with Gasteiger partial charge in [0.15, 0.2) is 5.13 Å². The Morgan fingerprint density at radius 3 is 2.60 bits per heavy atom. The van der Waals surface area contributed by atoms with Crippen molar-refractivity contribution in [3.8, 4) is 0 Å². The highest BCUT2D eigenvalue weighted by atomic mass is 32.1. The van der Waals surface area contributed by atoms with Crippen molar-refractivity contribution in [1.82, 2.24) is 14.8 Å². The Balaban J connectivity index is 1.79. The number of hydrogen-bond donors (Lipinski definition) is 2. The molecule has 2 amide bonds. The molecule has 3 rings (SSSR count). The minimum absolute atomic E-state index is 0.163. The molecule has 0 saturated carbocycles. The summed E-state index contributed by atoms with van der Waals surface area (Å²) in [4.78, 5) is 27.9. The van der Waals surface area contributed by atoms with Gasteiger partial charge in [-0.15, -0.1) is 0 Å². The van der Waals surface area contributed by atoms with Gasteiger partial charge in [0.25, 0.3) is 5.91 Å². The summed E-state index contributed by atoms with van der Waals surface area (Å²) in [7, 11) is 0. The van der Waals surface area contributed by atoms with Crippen LogP contribution in [0.25, 0.3) is 10.2 Å². The summed E-state index contributed by atoms with van der Waals surface area (Å²) in [6.45, 7) is 7.50. The number of anilines is 2. The predicted molar refractivity (Wildman–Crippen MR) is 99.1 cm³/mol. The highest BCUT2D eigenvalue weighted by molar-refractivity contribution is 7.22. The van der Waals surface area contributed by atoms with E-state index < -0.39 is 0 Å². The standard InChI is InChI=1S/C17H19N5O2S/c1-10(23)19-16-21-13-6-5-12(7-14(13)25-16)20-15(24)11-8-18-22(9-11)17(2,3)4/h5-9H,1-4H3,(H,20,24)(H,19,21,23). The van der Waals surface area contributed by atoms with Crippen LogP contribution in [0.1, 0.15) is 38.1 Å². The summed E-state index contributed by atoms with van der Waals surface area (Å²) in [6.07, 6.45) is 3.29. The van der Waals surface area contributed by atoms with Crippen molar-refractivity contribution < 1.29 is 9.59 Å². The Morgan fingerprint density at radius 1 is 1.20 bits per heavy atom. The van der Waals surface area contributed by atoms with Gasteiger partial charge in [0.2, 0.25) is 5.91 Å². The normalized spacial score (nSPS) is 11.5. The first-order chi connectivity index (χ1) is 11.7. The van der Waals surface area contributed by atoms with Gasteiger partial charge in [-0.25, -0.2) is 4.98 Å². The Bertz CT molecular complexity index is 952. The molecule has 0 spiro atoms. The number of benzene rings is 1. The summed E-state index contributed by atoms with van der Waals surface area (Å²) >= 11 is 1.36. The van der Waals surface area contributed by atoms with Gasteiger partial charge in [-0.1, -0.05) is 11.3 Å². The number of rotatable bonds is 3. The lowest BCUT2D eigenvalue weighted by Gasteiger charge is -2.18. The van der Waals surface area contributed by atoms with Crippen molar-refractivity contribution >= 4 is 44.2 Å². The second-order valence-electron chi connectivity index (χ2n) is 6.68. The average Bonchev–Trinajstić information content (AvgIpc) is 3.11. The Morgan fingerprint density at radius 2 is 1.96 bits per heavy atom. The summed E-state index contributed by atoms with van der Waals surface area (Å²) in [5, 5.41) is 10.3. The largest absolute Gasteiger partial charge is 0.322 e. The Kier molecular flexibility index (Phi) is 4.30. The van der Waals surface area contributed by atoms with Gasteiger partial charge in [0.1, 0.15) is 0 Å². The van der Waals surface area contributed by atoms with Crippen LogP contribution >= 0.6 is 11.3 Å². The lowest BCUT2D eigenvalue weighted by Crippen LogP contribution is -2.22. The van der Waals surface area contributed by atoms with Gasteiger partial charge in [0, 0.05) is 18.8 Å². The first kappa shape index (κ1) is 17.1. The minimum atomic E-state index is -0.221. The fraction of sp³-hybridized carbons (Fsp3) is 0.294. The molecule has 0 atom stereocenters. The van der Waals surface area contributed by atoms with Crippen molar-refractivity contribution in [2.75, 3.05) is 10.6 Å². The molecule has 0 aliphatic rings. The van der Waals surface area contributed by atoms with Gasteiger partial charge in [-0.05, 0) is 39.0 Å². The third-order valence-corrected chi connectivity index (χ3v) is 4.39. The fourth-order valence-electron chi connectivity index (χ4n) is 2.22. The molecular weight excluding hydrogens is 338 g/mol. The zero-order valence-corrected chi connectivity index (χ0v) is 15.3. The maximum Gasteiger partial charge on any atom is 0.258 e. The molecule has 0 bridgehead atoms. The van der Waals surface area contributed by atoms with Crippen molar-refractivity contribution in [3.05, 3.63) is 36.2 Å². The number of thiazole rings is 1. The second kappa shape index (κ2) is 6.29. The second-order valence-corrected chi connectivity index (χ2v) is 7.71. The third kappa shape index (κ3) is 3.85. The van der Waals surface area contributed by atoms with Crippen LogP contribution < -0.4 is 10.6 Å². The van der Waals surface area contributed by atoms with E-state index in [0.29, 0.717) is 16.4 Å². The van der Waals surface area contributed by atoms with Crippen LogP contribution in [0.5, 0.6) is 0 Å². The zero-order chi connectivity index (χ0) is 18.2. The highest BCUT2D eigenvalue weighted by Crippen LogP contribution is 2.28. The number of nitrogens with one attached hydrogen (secondary N) is 2. The van der Waals surface area contributed by atoms with E-state index in [1.54, 1.807) is 23.1 Å². The van der Waals surface area contributed by atoms with Crippen LogP contribution in [0.15, 0.2) is 30.6 Å². The number of carbonyl (C=O) groups excluding carboxylic acids is 2. The number of aromatic nitrogens is 3. The first-order valence-electron chi connectivity index (χ1n) is 7.77. The predicted octanol–water partition coefficient (Wildman–Crippen LogP) is 3.46. The molecule has 0 aliphatic heterocycles. The number of amides is 2. The average molecular weight is 357 g/mol. The van der Waals surface area contributed by atoms with Crippen molar-refractivity contribution in [2.45, 2.75) is 33.2 Å². The molecule has 8 heteroatoms. The van der Waals surface area contributed by atoms with Crippen LogP contribution in [0.2, 0.25) is 0 Å². The summed E-state index contributed by atoms with van der Waals surface area (Å²) in [5.41, 5.74) is 1.75. The lowest BCUT2D eigenvalue weighted by molar-refractivity contribution is -0.114. The van der Waals surface area contributed by atoms with E-state index in [9.17, 15) is 9.59 Å². The molecule has 2 N–H and O–H groups in total. The molecule has 2 heterocycles. The van der Waals surface area contributed by atoms with Gasteiger partial charge < -0.3 is 10.6 Å². The molecule has 0 aliphatic carbocycles. The van der Waals surface area contributed by atoms with Crippen molar-refractivity contribution in [1.29, 1.82) is 0 Å². The van der Waals surface area contributed by atoms with E-state index in [1.807, 2.05) is 32.9 Å². The monoisotopic (exact) mass is 357 g/mol. The smallest absolute Gasteiger partial charge is 0.258 e. The zero-order valence-electron chi connectivity index (χ0n) is 14.5. The molecule has 25 heavy (non-hydrogen) atoms. The molecule has 130 valence electrons. The van der Waals surface area contributed by atoms with Crippen molar-refractivity contribution in [2.24, 2.45) is 0 Å². The molecular formula is C17H19N5O2S. The minimum Gasteiger partial charge on any atom is -0.322 e. The van der Waals surface area contributed by atoms with Crippen LogP contribution in [-0.2, 0) is 10.3 Å². The maximum atomic E-state index is 12.4. The van der Waals surface area contributed by atoms with Crippen LogP contribution in [-0.4, -0.2) is 26.6 Å². The molecule has 1 aromatic carbocycles. The van der Waals surface area contributed by atoms with Crippen LogP contribution in [0, 0.1) is 0 Å². The maximum absolute atomic E-state index is 12.4. The topological polar surface area (TPSA) is 88.9 Å². The van der Waals surface area contributed by atoms with Gasteiger partial charge in [-0.3, -0.25) is 14.3 Å². The number of nitrogens with zero attached hydrogens (tertiary/aromatic N) is 3. The fourth-order valence-corrected chi connectivity index (χ4v) is 3.17. The lowest BCUT2D eigenvalue weighted by atomic mass is 10.1. The third-order valence-electron chi connectivity index (χ3n) is 3.46. The first-order valence-corrected chi connectivity index (χ1v) is 8.59. The van der Waals surface area contributed by atoms with E-state index in [-0.39, 0.29) is 17.4 Å². The summed E-state index contributed by atoms with van der Waals surface area (Å²) < 4.78 is 2.64. The molecule has 0 unspecified atom stereocenters. The number of carbonyl (C=O) groups is 2. The molecule has 0 fully saturated rings. The van der Waals surface area contributed by atoms with Crippen LogP contribution in [0.4, 0.5) is 10.8 Å². The van der Waals surface area contributed by atoms with E-state index in [1.165, 1.54) is 18.3 Å². The van der Waals surface area contributed by atoms with Gasteiger partial charge in [0.05, 0.1) is 27.5 Å². The molecule has 7 nitrogen and oxygen atoms in total. The molecule has 2 aromatic heterocycles. The molecule has 0 radical (unpaired) electrons. The Labute approximate surface area is 149 Å². The van der Waals surface area contributed by atoms with Crippen molar-refractivity contribution in [3.63, 3.8) is 0 Å². The van der Waals surface area contributed by atoms with E-state index in [0.717, 1.165) is 10.2 Å². The SMILES string of the molecule is CC(=O)Nc1nc2ccc(NC(=O)c3cnn(C(C)(C)C)c3)cc2s1. The Hall–Kier alpha value is -2.74. The van der Waals surface area contributed by atoms with Gasteiger partial charge >= 0.3 is 0 Å². The quantitative estimate of drug-likeness (QED) is 0.751. The van der Waals surface area contributed by atoms with Gasteiger partial charge in [-0.2, -0.15) is 5.10 Å².